The normalized spacial score (nSPS) is 10.0. The lowest BCUT2D eigenvalue weighted by atomic mass is 10.3. The lowest BCUT2D eigenvalue weighted by Crippen LogP contribution is -2.17. The fourth-order valence-electron chi connectivity index (χ4n) is 1.62. The molecular formula is C16H15ClO4. The van der Waals surface area contributed by atoms with E-state index < -0.39 is 5.97 Å². The Kier molecular flexibility index (Phi) is 5.46. The van der Waals surface area contributed by atoms with Crippen LogP contribution in [0.2, 0.25) is 5.02 Å². The van der Waals surface area contributed by atoms with E-state index in [0.717, 1.165) is 5.75 Å². The van der Waals surface area contributed by atoms with Gasteiger partial charge in [-0.05, 0) is 43.3 Å². The second kappa shape index (κ2) is 7.55. The molecule has 0 atom stereocenters. The summed E-state index contributed by atoms with van der Waals surface area (Å²) < 4.78 is 15.8. The molecule has 0 fully saturated rings. The first-order valence-electron chi connectivity index (χ1n) is 6.50. The monoisotopic (exact) mass is 306 g/mol. The average Bonchev–Trinajstić information content (AvgIpc) is 2.49. The Balaban J connectivity index is 1.85. The van der Waals surface area contributed by atoms with Crippen molar-refractivity contribution in [3.63, 3.8) is 0 Å². The van der Waals surface area contributed by atoms with Crippen molar-refractivity contribution in [2.75, 3.05) is 13.2 Å². The Morgan fingerprint density at radius 3 is 2.24 bits per heavy atom. The van der Waals surface area contributed by atoms with Gasteiger partial charge in [-0.25, -0.2) is 4.79 Å². The van der Waals surface area contributed by atoms with E-state index >= 15 is 0 Å². The molecule has 0 heterocycles. The molecule has 2 rings (SSSR count). The number of carbonyl (C=O) groups excluding carboxylic acids is 1. The molecule has 0 aliphatic heterocycles. The van der Waals surface area contributed by atoms with Gasteiger partial charge in [-0.15, -0.1) is 0 Å². The molecule has 0 N–H and O–H groups in total. The molecule has 0 saturated heterocycles. The topological polar surface area (TPSA) is 44.8 Å². The second-order valence-corrected chi connectivity index (χ2v) is 4.50. The summed E-state index contributed by atoms with van der Waals surface area (Å²) in [6.45, 7) is 2.32. The SMILES string of the molecule is CCOc1ccc(OCC(=O)Oc2ccccc2Cl)cc1. The van der Waals surface area contributed by atoms with Gasteiger partial charge in [-0.2, -0.15) is 0 Å². The molecule has 0 spiro atoms. The van der Waals surface area contributed by atoms with Crippen LogP contribution in [0.15, 0.2) is 48.5 Å². The fraction of sp³-hybridized carbons (Fsp3) is 0.188. The van der Waals surface area contributed by atoms with Crippen molar-refractivity contribution >= 4 is 17.6 Å². The molecule has 2 aromatic carbocycles. The number of hydrogen-bond acceptors (Lipinski definition) is 4. The maximum Gasteiger partial charge on any atom is 0.349 e. The highest BCUT2D eigenvalue weighted by molar-refractivity contribution is 6.32. The first-order chi connectivity index (χ1) is 10.2. The maximum absolute atomic E-state index is 11.7. The number of esters is 1. The van der Waals surface area contributed by atoms with Gasteiger partial charge < -0.3 is 14.2 Å². The molecule has 0 aromatic heterocycles. The van der Waals surface area contributed by atoms with Crippen LogP contribution in [0.1, 0.15) is 6.92 Å². The Morgan fingerprint density at radius 2 is 1.62 bits per heavy atom. The number of ether oxygens (including phenoxy) is 3. The van der Waals surface area contributed by atoms with Crippen LogP contribution in [0.25, 0.3) is 0 Å². The summed E-state index contributed by atoms with van der Waals surface area (Å²) in [5.41, 5.74) is 0. The van der Waals surface area contributed by atoms with E-state index in [-0.39, 0.29) is 6.61 Å². The molecule has 2 aromatic rings. The van der Waals surface area contributed by atoms with Crippen molar-refractivity contribution in [2.24, 2.45) is 0 Å². The van der Waals surface area contributed by atoms with E-state index in [2.05, 4.69) is 0 Å². The van der Waals surface area contributed by atoms with Gasteiger partial charge in [0.15, 0.2) is 6.61 Å². The Bertz CT molecular complexity index is 595. The van der Waals surface area contributed by atoms with Gasteiger partial charge in [0, 0.05) is 0 Å². The summed E-state index contributed by atoms with van der Waals surface area (Å²) in [5.74, 6) is 1.12. The highest BCUT2D eigenvalue weighted by atomic mass is 35.5. The van der Waals surface area contributed by atoms with Crippen LogP contribution in [0, 0.1) is 0 Å². The van der Waals surface area contributed by atoms with Gasteiger partial charge in [0.05, 0.1) is 11.6 Å². The van der Waals surface area contributed by atoms with Crippen LogP contribution < -0.4 is 14.2 Å². The number of carbonyl (C=O) groups is 1. The van der Waals surface area contributed by atoms with Gasteiger partial charge in [0.2, 0.25) is 0 Å². The van der Waals surface area contributed by atoms with E-state index in [0.29, 0.717) is 23.1 Å². The number of para-hydroxylation sites is 1. The Morgan fingerprint density at radius 1 is 1.00 bits per heavy atom. The smallest absolute Gasteiger partial charge is 0.349 e. The van der Waals surface area contributed by atoms with Gasteiger partial charge in [-0.3, -0.25) is 0 Å². The molecule has 21 heavy (non-hydrogen) atoms. The second-order valence-electron chi connectivity index (χ2n) is 4.10. The summed E-state index contributed by atoms with van der Waals surface area (Å²) in [5, 5.41) is 0.381. The highest BCUT2D eigenvalue weighted by Gasteiger charge is 2.08. The van der Waals surface area contributed by atoms with Crippen molar-refractivity contribution in [2.45, 2.75) is 6.92 Å². The molecule has 5 heteroatoms. The van der Waals surface area contributed by atoms with Gasteiger partial charge in [0.25, 0.3) is 0 Å². The van der Waals surface area contributed by atoms with Crippen molar-refractivity contribution in [1.82, 2.24) is 0 Å². The zero-order valence-corrected chi connectivity index (χ0v) is 12.3. The molecular weight excluding hydrogens is 292 g/mol. The van der Waals surface area contributed by atoms with Crippen LogP contribution in [0.4, 0.5) is 0 Å². The molecule has 0 bridgehead atoms. The number of benzene rings is 2. The molecule has 0 aliphatic carbocycles. The van der Waals surface area contributed by atoms with E-state index in [1.165, 1.54) is 0 Å². The summed E-state index contributed by atoms with van der Waals surface area (Å²) >= 11 is 5.90. The van der Waals surface area contributed by atoms with Crippen LogP contribution >= 0.6 is 11.6 Å². The molecule has 0 radical (unpaired) electrons. The number of hydrogen-bond donors (Lipinski definition) is 0. The average molecular weight is 307 g/mol. The molecule has 0 unspecified atom stereocenters. The predicted molar refractivity (Wildman–Crippen MR) is 80.2 cm³/mol. The zero-order chi connectivity index (χ0) is 15.1. The molecule has 0 amide bonds. The molecule has 0 aliphatic rings. The fourth-order valence-corrected chi connectivity index (χ4v) is 1.79. The Labute approximate surface area is 128 Å². The predicted octanol–water partition coefficient (Wildman–Crippen LogP) is 3.72. The van der Waals surface area contributed by atoms with E-state index in [9.17, 15) is 4.79 Å². The lowest BCUT2D eigenvalue weighted by molar-refractivity contribution is -0.136. The lowest BCUT2D eigenvalue weighted by Gasteiger charge is -2.08. The van der Waals surface area contributed by atoms with Gasteiger partial charge >= 0.3 is 5.97 Å². The van der Waals surface area contributed by atoms with Crippen molar-refractivity contribution in [3.8, 4) is 17.2 Å². The quantitative estimate of drug-likeness (QED) is 0.602. The minimum absolute atomic E-state index is 0.195. The summed E-state index contributed by atoms with van der Waals surface area (Å²) in [6, 6.07) is 13.8. The minimum atomic E-state index is -0.517. The molecule has 0 saturated carbocycles. The van der Waals surface area contributed by atoms with E-state index in [1.54, 1.807) is 48.5 Å². The van der Waals surface area contributed by atoms with Crippen molar-refractivity contribution in [1.29, 1.82) is 0 Å². The van der Waals surface area contributed by atoms with Crippen LogP contribution in [-0.4, -0.2) is 19.2 Å². The van der Waals surface area contributed by atoms with E-state index in [1.807, 2.05) is 6.92 Å². The third-order valence-electron chi connectivity index (χ3n) is 2.55. The van der Waals surface area contributed by atoms with Crippen LogP contribution in [0.3, 0.4) is 0 Å². The molecule has 4 nitrogen and oxygen atoms in total. The summed E-state index contributed by atoms with van der Waals surface area (Å²) in [6.07, 6.45) is 0. The third kappa shape index (κ3) is 4.68. The van der Waals surface area contributed by atoms with Gasteiger partial charge in [0.1, 0.15) is 17.2 Å². The first kappa shape index (κ1) is 15.2. The Hall–Kier alpha value is -2.20. The highest BCUT2D eigenvalue weighted by Crippen LogP contribution is 2.23. The molecule has 110 valence electrons. The van der Waals surface area contributed by atoms with Gasteiger partial charge in [-0.1, -0.05) is 23.7 Å². The van der Waals surface area contributed by atoms with Crippen LogP contribution in [-0.2, 0) is 4.79 Å². The first-order valence-corrected chi connectivity index (χ1v) is 6.87. The zero-order valence-electron chi connectivity index (χ0n) is 11.5. The summed E-state index contributed by atoms with van der Waals surface area (Å²) in [7, 11) is 0. The van der Waals surface area contributed by atoms with Crippen molar-refractivity contribution < 1.29 is 19.0 Å². The van der Waals surface area contributed by atoms with E-state index in [4.69, 9.17) is 25.8 Å². The largest absolute Gasteiger partial charge is 0.494 e. The number of rotatable bonds is 6. The number of halogens is 1. The van der Waals surface area contributed by atoms with Crippen molar-refractivity contribution in [3.05, 3.63) is 53.6 Å². The third-order valence-corrected chi connectivity index (χ3v) is 2.86. The minimum Gasteiger partial charge on any atom is -0.494 e. The van der Waals surface area contributed by atoms with Crippen LogP contribution in [0.5, 0.6) is 17.2 Å². The standard InChI is InChI=1S/C16H15ClO4/c1-2-19-12-7-9-13(10-8-12)20-11-16(18)21-15-6-4-3-5-14(15)17/h3-10H,2,11H2,1H3. The summed E-state index contributed by atoms with van der Waals surface area (Å²) in [4.78, 5) is 11.7. The maximum atomic E-state index is 11.7.